The second-order valence-corrected chi connectivity index (χ2v) is 7.68. The Morgan fingerprint density at radius 3 is 2.87 bits per heavy atom. The Morgan fingerprint density at radius 2 is 2.13 bits per heavy atom. The number of para-hydroxylation sites is 1. The highest BCUT2D eigenvalue weighted by molar-refractivity contribution is 5.95. The molecule has 3 aromatic rings. The van der Waals surface area contributed by atoms with Crippen LogP contribution in [0, 0.1) is 12.7 Å². The van der Waals surface area contributed by atoms with Crippen LogP contribution in [0.3, 0.4) is 0 Å². The van der Waals surface area contributed by atoms with E-state index in [1.165, 1.54) is 16.9 Å². The molecule has 162 valence electrons. The van der Waals surface area contributed by atoms with E-state index >= 15 is 0 Å². The molecule has 1 aliphatic rings. The highest BCUT2D eigenvalue weighted by atomic mass is 19.1. The van der Waals surface area contributed by atoms with Crippen molar-refractivity contribution in [1.82, 2.24) is 14.7 Å². The first-order valence-electron chi connectivity index (χ1n) is 10.4. The first kappa shape index (κ1) is 21.1. The summed E-state index contributed by atoms with van der Waals surface area (Å²) < 4.78 is 26.8. The Morgan fingerprint density at radius 1 is 1.29 bits per heavy atom. The highest BCUT2D eigenvalue weighted by Gasteiger charge is 2.26. The molecule has 7 heteroatoms. The third-order valence-electron chi connectivity index (χ3n) is 5.56. The molecule has 4 rings (SSSR count). The first-order valence-corrected chi connectivity index (χ1v) is 10.4. The van der Waals surface area contributed by atoms with Crippen LogP contribution in [0.15, 0.2) is 54.7 Å². The molecule has 1 unspecified atom stereocenters. The predicted molar refractivity (Wildman–Crippen MR) is 115 cm³/mol. The lowest BCUT2D eigenvalue weighted by Gasteiger charge is -2.26. The molecule has 1 fully saturated rings. The summed E-state index contributed by atoms with van der Waals surface area (Å²) in [5.74, 6) is 0.198. The van der Waals surface area contributed by atoms with E-state index in [4.69, 9.17) is 9.47 Å². The number of methoxy groups -OCH3 is 1. The molecular formula is C24H26FN3O3. The Labute approximate surface area is 181 Å². The SMILES string of the molecule is COc1cccc(CN(CC2CCCO2)C(=O)c2cnn(-c3ccccc3F)c2C)c1. The molecule has 2 aromatic carbocycles. The summed E-state index contributed by atoms with van der Waals surface area (Å²) in [6, 6.07) is 14.1. The van der Waals surface area contributed by atoms with E-state index in [1.54, 1.807) is 37.1 Å². The van der Waals surface area contributed by atoms with Crippen molar-refractivity contribution in [2.24, 2.45) is 0 Å². The molecule has 0 radical (unpaired) electrons. The molecule has 0 bridgehead atoms. The van der Waals surface area contributed by atoms with Gasteiger partial charge in [-0.2, -0.15) is 5.10 Å². The van der Waals surface area contributed by atoms with Gasteiger partial charge in [0.2, 0.25) is 0 Å². The number of aromatic nitrogens is 2. The van der Waals surface area contributed by atoms with Crippen molar-refractivity contribution in [1.29, 1.82) is 0 Å². The van der Waals surface area contributed by atoms with Crippen LogP contribution in [0.5, 0.6) is 5.75 Å². The zero-order valence-electron chi connectivity index (χ0n) is 17.8. The fourth-order valence-corrected chi connectivity index (χ4v) is 3.90. The van der Waals surface area contributed by atoms with Crippen molar-refractivity contribution in [3.63, 3.8) is 0 Å². The molecule has 2 heterocycles. The van der Waals surface area contributed by atoms with Crippen molar-refractivity contribution in [2.75, 3.05) is 20.3 Å². The van der Waals surface area contributed by atoms with Gasteiger partial charge in [-0.15, -0.1) is 0 Å². The summed E-state index contributed by atoms with van der Waals surface area (Å²) in [6.45, 7) is 3.40. The minimum atomic E-state index is -0.389. The molecular weight excluding hydrogens is 397 g/mol. The third-order valence-corrected chi connectivity index (χ3v) is 5.56. The molecule has 31 heavy (non-hydrogen) atoms. The molecule has 1 aromatic heterocycles. The second kappa shape index (κ2) is 9.31. The van der Waals surface area contributed by atoms with Crippen LogP contribution in [0.25, 0.3) is 5.69 Å². The van der Waals surface area contributed by atoms with E-state index in [1.807, 2.05) is 24.3 Å². The molecule has 0 spiro atoms. The molecule has 1 saturated heterocycles. The summed E-state index contributed by atoms with van der Waals surface area (Å²) >= 11 is 0. The highest BCUT2D eigenvalue weighted by Crippen LogP contribution is 2.22. The van der Waals surface area contributed by atoms with E-state index < -0.39 is 0 Å². The average molecular weight is 423 g/mol. The minimum Gasteiger partial charge on any atom is -0.497 e. The van der Waals surface area contributed by atoms with E-state index in [0.29, 0.717) is 30.0 Å². The summed E-state index contributed by atoms with van der Waals surface area (Å²) in [5.41, 5.74) is 2.32. The summed E-state index contributed by atoms with van der Waals surface area (Å²) in [6.07, 6.45) is 3.44. The number of carbonyl (C=O) groups excluding carboxylic acids is 1. The number of benzene rings is 2. The predicted octanol–water partition coefficient (Wildman–Crippen LogP) is 4.15. The number of hydrogen-bond acceptors (Lipinski definition) is 4. The fourth-order valence-electron chi connectivity index (χ4n) is 3.90. The van der Waals surface area contributed by atoms with E-state index in [0.717, 1.165) is 30.8 Å². The second-order valence-electron chi connectivity index (χ2n) is 7.68. The van der Waals surface area contributed by atoms with Crippen LogP contribution in [0.4, 0.5) is 4.39 Å². The van der Waals surface area contributed by atoms with Gasteiger partial charge in [0.25, 0.3) is 5.91 Å². The molecule has 1 amide bonds. The van der Waals surface area contributed by atoms with E-state index in [-0.39, 0.29) is 17.8 Å². The van der Waals surface area contributed by atoms with Gasteiger partial charge in [-0.05, 0) is 49.6 Å². The minimum absolute atomic E-state index is 0.0106. The number of hydrogen-bond donors (Lipinski definition) is 0. The molecule has 6 nitrogen and oxygen atoms in total. The maximum atomic E-state index is 14.3. The van der Waals surface area contributed by atoms with Crippen LogP contribution < -0.4 is 4.74 Å². The van der Waals surface area contributed by atoms with Crippen molar-refractivity contribution in [2.45, 2.75) is 32.4 Å². The first-order chi connectivity index (χ1) is 15.1. The van der Waals surface area contributed by atoms with Gasteiger partial charge in [0.05, 0.1) is 30.7 Å². The van der Waals surface area contributed by atoms with Gasteiger partial charge >= 0.3 is 0 Å². The van der Waals surface area contributed by atoms with Crippen molar-refractivity contribution in [3.05, 3.63) is 77.4 Å². The van der Waals surface area contributed by atoms with E-state index in [2.05, 4.69) is 5.10 Å². The Hall–Kier alpha value is -3.19. The van der Waals surface area contributed by atoms with Crippen LogP contribution in [-0.4, -0.2) is 47.0 Å². The van der Waals surface area contributed by atoms with E-state index in [9.17, 15) is 9.18 Å². The number of rotatable bonds is 7. The monoisotopic (exact) mass is 423 g/mol. The normalized spacial score (nSPS) is 15.8. The molecule has 1 aliphatic heterocycles. The smallest absolute Gasteiger partial charge is 0.257 e. The van der Waals surface area contributed by atoms with Gasteiger partial charge in [-0.3, -0.25) is 4.79 Å². The molecule has 0 aliphatic carbocycles. The quantitative estimate of drug-likeness (QED) is 0.573. The number of carbonyl (C=O) groups is 1. The molecule has 1 atom stereocenters. The van der Waals surface area contributed by atoms with Crippen molar-refractivity contribution < 1.29 is 18.7 Å². The largest absolute Gasteiger partial charge is 0.497 e. The van der Waals surface area contributed by atoms with Gasteiger partial charge in [-0.1, -0.05) is 24.3 Å². The maximum absolute atomic E-state index is 14.3. The summed E-state index contributed by atoms with van der Waals surface area (Å²) in [7, 11) is 1.62. The van der Waals surface area contributed by atoms with Crippen molar-refractivity contribution >= 4 is 5.91 Å². The fraction of sp³-hybridized carbons (Fsp3) is 0.333. The van der Waals surface area contributed by atoms with Gasteiger partial charge in [0.1, 0.15) is 17.3 Å². The number of ether oxygens (including phenoxy) is 2. The number of halogens is 1. The Kier molecular flexibility index (Phi) is 6.32. The zero-order valence-corrected chi connectivity index (χ0v) is 17.8. The van der Waals surface area contributed by atoms with Crippen molar-refractivity contribution in [3.8, 4) is 11.4 Å². The van der Waals surface area contributed by atoms with Gasteiger partial charge in [-0.25, -0.2) is 9.07 Å². The lowest BCUT2D eigenvalue weighted by atomic mass is 10.1. The number of amides is 1. The number of nitrogens with zero attached hydrogens (tertiary/aromatic N) is 3. The van der Waals surface area contributed by atoms with Gasteiger partial charge in [0, 0.05) is 19.7 Å². The molecule has 0 saturated carbocycles. The summed E-state index contributed by atoms with van der Waals surface area (Å²) in [4.78, 5) is 15.3. The standard InChI is InChI=1S/C24H26FN3O3/c1-17-21(14-26-28(17)23-11-4-3-10-22(23)25)24(29)27(16-20-9-6-12-31-20)15-18-7-5-8-19(13-18)30-2/h3-5,7-8,10-11,13-14,20H,6,9,12,15-16H2,1-2H3. The average Bonchev–Trinajstić information content (AvgIpc) is 3.43. The maximum Gasteiger partial charge on any atom is 0.257 e. The molecule has 0 N–H and O–H groups in total. The lowest BCUT2D eigenvalue weighted by Crippen LogP contribution is -2.37. The van der Waals surface area contributed by atoms with Crippen LogP contribution in [0.2, 0.25) is 0 Å². The lowest BCUT2D eigenvalue weighted by molar-refractivity contribution is 0.0506. The zero-order chi connectivity index (χ0) is 21.8. The topological polar surface area (TPSA) is 56.6 Å². The van der Waals surface area contributed by atoms with Gasteiger partial charge < -0.3 is 14.4 Å². The van der Waals surface area contributed by atoms with Crippen LogP contribution in [0.1, 0.15) is 34.5 Å². The van der Waals surface area contributed by atoms with Crippen LogP contribution in [-0.2, 0) is 11.3 Å². The Balaban J connectivity index is 1.63. The summed E-state index contributed by atoms with van der Waals surface area (Å²) in [5, 5.41) is 4.29. The van der Waals surface area contributed by atoms with Gasteiger partial charge in [0.15, 0.2) is 0 Å². The van der Waals surface area contributed by atoms with Crippen LogP contribution >= 0.6 is 0 Å². The third kappa shape index (κ3) is 4.61. The Bertz CT molecular complexity index is 1060.